The summed E-state index contributed by atoms with van der Waals surface area (Å²) in [5.74, 6) is -0.827. The molecule has 0 saturated heterocycles. The molecule has 1 heterocycles. The Hall–Kier alpha value is -1.88. The molecular formula is C13H15NO4. The summed E-state index contributed by atoms with van der Waals surface area (Å²) < 4.78 is 4.85. The average Bonchev–Trinajstić information content (AvgIpc) is 2.64. The van der Waals surface area contributed by atoms with Crippen LogP contribution in [-0.4, -0.2) is 15.9 Å². The molecule has 2 rings (SSSR count). The number of fused-ring (bicyclic) bond motifs is 1. The molecule has 0 saturated carbocycles. The van der Waals surface area contributed by atoms with Gasteiger partial charge in [-0.3, -0.25) is 9.78 Å². The zero-order valence-corrected chi connectivity index (χ0v) is 10.5. The van der Waals surface area contributed by atoms with Gasteiger partial charge in [-0.05, 0) is 17.7 Å². The molecule has 0 aliphatic carbocycles. The lowest BCUT2D eigenvalue weighted by Gasteiger charge is -2.21. The highest BCUT2D eigenvalue weighted by atomic mass is 16.4. The molecule has 1 unspecified atom stereocenters. The van der Waals surface area contributed by atoms with E-state index in [1.807, 2.05) is 0 Å². The molecule has 0 amide bonds. The van der Waals surface area contributed by atoms with Crippen molar-refractivity contribution in [3.8, 4) is 0 Å². The second-order valence-corrected chi connectivity index (χ2v) is 5.29. The number of benzene rings is 1. The van der Waals surface area contributed by atoms with Crippen LogP contribution in [0, 0.1) is 5.41 Å². The smallest absolute Gasteiger partial charge is 0.408 e. The molecule has 2 aromatic rings. The van der Waals surface area contributed by atoms with Crippen molar-refractivity contribution < 1.29 is 14.3 Å². The Balaban J connectivity index is 2.42. The summed E-state index contributed by atoms with van der Waals surface area (Å²) in [6, 6.07) is 4.68. The number of carbonyl (C=O) groups is 1. The van der Waals surface area contributed by atoms with Crippen LogP contribution in [0.5, 0.6) is 0 Å². The molecule has 1 aromatic carbocycles. The third-order valence-corrected chi connectivity index (χ3v) is 2.75. The molecule has 0 radical (unpaired) electrons. The van der Waals surface area contributed by atoms with Gasteiger partial charge in [0, 0.05) is 5.41 Å². The zero-order valence-electron chi connectivity index (χ0n) is 10.5. The molecule has 1 atom stereocenters. The van der Waals surface area contributed by atoms with Gasteiger partial charge in [-0.25, -0.2) is 4.79 Å². The second-order valence-electron chi connectivity index (χ2n) is 5.29. The number of nitrogens with one attached hydrogen (secondary N) is 1. The van der Waals surface area contributed by atoms with E-state index in [1.54, 1.807) is 39.0 Å². The maximum atomic E-state index is 12.0. The highest BCUT2D eigenvalue weighted by molar-refractivity contribution is 5.89. The number of H-pyrrole nitrogens is 1. The fourth-order valence-corrected chi connectivity index (χ4v) is 1.70. The first-order valence-corrected chi connectivity index (χ1v) is 5.64. The van der Waals surface area contributed by atoms with Crippen molar-refractivity contribution in [1.29, 1.82) is 0 Å². The third kappa shape index (κ3) is 2.22. The Morgan fingerprint density at radius 2 is 2.06 bits per heavy atom. The minimum absolute atomic E-state index is 0.271. The van der Waals surface area contributed by atoms with Crippen molar-refractivity contribution in [1.82, 2.24) is 4.98 Å². The number of carbonyl (C=O) groups excluding carboxylic acids is 1. The van der Waals surface area contributed by atoms with Gasteiger partial charge < -0.3 is 9.52 Å². The first-order chi connectivity index (χ1) is 8.29. The minimum atomic E-state index is -1.20. The van der Waals surface area contributed by atoms with Crippen LogP contribution in [-0.2, 0) is 4.79 Å². The number of Topliss-reactive ketones (excluding diaryl/α,β-unsaturated/α-hetero) is 1. The molecule has 5 nitrogen and oxygen atoms in total. The van der Waals surface area contributed by atoms with Crippen LogP contribution >= 0.6 is 0 Å². The lowest BCUT2D eigenvalue weighted by Crippen LogP contribution is -2.26. The van der Waals surface area contributed by atoms with Gasteiger partial charge in [0.25, 0.3) is 0 Å². The molecule has 5 heteroatoms. The predicted octanol–water partition coefficient (Wildman–Crippen LogP) is 1.77. The summed E-state index contributed by atoms with van der Waals surface area (Å²) in [7, 11) is 0. The quantitative estimate of drug-likeness (QED) is 0.849. The number of aromatic amines is 1. The zero-order chi connectivity index (χ0) is 13.5. The van der Waals surface area contributed by atoms with Crippen molar-refractivity contribution in [3.05, 3.63) is 34.3 Å². The second kappa shape index (κ2) is 4.10. The lowest BCUT2D eigenvalue weighted by molar-refractivity contribution is -0.135. The molecule has 2 N–H and O–H groups in total. The van der Waals surface area contributed by atoms with Crippen LogP contribution in [0.3, 0.4) is 0 Å². The number of aliphatic hydroxyl groups is 1. The summed E-state index contributed by atoms with van der Waals surface area (Å²) in [5, 5.41) is 10.0. The summed E-state index contributed by atoms with van der Waals surface area (Å²) in [5.41, 5.74) is 0.690. The molecular weight excluding hydrogens is 234 g/mol. The summed E-state index contributed by atoms with van der Waals surface area (Å²) >= 11 is 0. The van der Waals surface area contributed by atoms with E-state index in [1.165, 1.54) is 0 Å². The molecule has 0 aliphatic rings. The van der Waals surface area contributed by atoms with E-state index in [0.717, 1.165) is 0 Å². The van der Waals surface area contributed by atoms with Gasteiger partial charge >= 0.3 is 5.76 Å². The van der Waals surface area contributed by atoms with Crippen LogP contribution in [0.25, 0.3) is 11.1 Å². The van der Waals surface area contributed by atoms with E-state index in [4.69, 9.17) is 4.42 Å². The van der Waals surface area contributed by atoms with E-state index in [-0.39, 0.29) is 5.78 Å². The van der Waals surface area contributed by atoms with Gasteiger partial charge in [0.15, 0.2) is 11.4 Å². The Bertz CT molecular complexity index is 645. The van der Waals surface area contributed by atoms with Gasteiger partial charge in [-0.2, -0.15) is 0 Å². The van der Waals surface area contributed by atoms with Crippen molar-refractivity contribution in [3.63, 3.8) is 0 Å². The van der Waals surface area contributed by atoms with Crippen LogP contribution in [0.15, 0.2) is 27.4 Å². The summed E-state index contributed by atoms with van der Waals surface area (Å²) in [4.78, 5) is 25.5. The number of hydrogen-bond donors (Lipinski definition) is 2. The molecule has 96 valence electrons. The van der Waals surface area contributed by atoms with Gasteiger partial charge in [0.05, 0.1) is 5.52 Å². The van der Waals surface area contributed by atoms with Crippen LogP contribution in [0.1, 0.15) is 32.4 Å². The Morgan fingerprint density at radius 3 is 2.67 bits per heavy atom. The van der Waals surface area contributed by atoms with Crippen molar-refractivity contribution in [2.24, 2.45) is 5.41 Å². The number of ketones is 1. The topological polar surface area (TPSA) is 83.3 Å². The summed E-state index contributed by atoms with van der Waals surface area (Å²) in [6.07, 6.45) is -1.20. The Labute approximate surface area is 103 Å². The Morgan fingerprint density at radius 1 is 1.39 bits per heavy atom. The number of aromatic nitrogens is 1. The van der Waals surface area contributed by atoms with Crippen molar-refractivity contribution in [2.45, 2.75) is 26.9 Å². The fourth-order valence-electron chi connectivity index (χ4n) is 1.70. The first-order valence-electron chi connectivity index (χ1n) is 5.64. The molecule has 0 spiro atoms. The SMILES string of the molecule is CC(C)(C)C(=O)C(O)c1ccc2oc(=O)[nH]c2c1. The van der Waals surface area contributed by atoms with E-state index >= 15 is 0 Å². The number of oxazole rings is 1. The largest absolute Gasteiger partial charge is 0.417 e. The van der Waals surface area contributed by atoms with Crippen LogP contribution in [0.2, 0.25) is 0 Å². The molecule has 0 fully saturated rings. The average molecular weight is 249 g/mol. The monoisotopic (exact) mass is 249 g/mol. The highest BCUT2D eigenvalue weighted by Gasteiger charge is 2.29. The molecule has 18 heavy (non-hydrogen) atoms. The number of aliphatic hydroxyl groups excluding tert-OH is 1. The van der Waals surface area contributed by atoms with E-state index in [0.29, 0.717) is 16.7 Å². The normalized spacial score (nSPS) is 13.8. The predicted molar refractivity (Wildman–Crippen MR) is 66.3 cm³/mol. The first kappa shape index (κ1) is 12.6. The van der Waals surface area contributed by atoms with Crippen LogP contribution in [0.4, 0.5) is 0 Å². The fraction of sp³-hybridized carbons (Fsp3) is 0.385. The van der Waals surface area contributed by atoms with E-state index < -0.39 is 17.3 Å². The maximum absolute atomic E-state index is 12.0. The van der Waals surface area contributed by atoms with E-state index in [9.17, 15) is 14.7 Å². The van der Waals surface area contributed by atoms with Crippen molar-refractivity contribution in [2.75, 3.05) is 0 Å². The van der Waals surface area contributed by atoms with Crippen molar-refractivity contribution >= 4 is 16.9 Å². The Kier molecular flexibility index (Phi) is 2.86. The molecule has 1 aromatic heterocycles. The number of hydrogen-bond acceptors (Lipinski definition) is 4. The molecule has 0 bridgehead atoms. The highest BCUT2D eigenvalue weighted by Crippen LogP contribution is 2.26. The third-order valence-electron chi connectivity index (χ3n) is 2.75. The van der Waals surface area contributed by atoms with Gasteiger partial charge in [0.2, 0.25) is 0 Å². The maximum Gasteiger partial charge on any atom is 0.417 e. The van der Waals surface area contributed by atoms with Gasteiger partial charge in [0.1, 0.15) is 6.10 Å². The van der Waals surface area contributed by atoms with E-state index in [2.05, 4.69) is 4.98 Å². The standard InChI is InChI=1S/C13H15NO4/c1-13(2,3)11(16)10(15)7-4-5-9-8(6-7)14-12(17)18-9/h4-6,10,15H,1-3H3,(H,14,17). The van der Waals surface area contributed by atoms with Gasteiger partial charge in [-0.15, -0.1) is 0 Å². The lowest BCUT2D eigenvalue weighted by atomic mass is 9.85. The van der Waals surface area contributed by atoms with Gasteiger partial charge in [-0.1, -0.05) is 26.8 Å². The molecule has 0 aliphatic heterocycles. The minimum Gasteiger partial charge on any atom is -0.408 e. The summed E-state index contributed by atoms with van der Waals surface area (Å²) in [6.45, 7) is 5.24. The number of rotatable bonds is 2. The van der Waals surface area contributed by atoms with Crippen LogP contribution < -0.4 is 5.76 Å².